The Morgan fingerprint density at radius 3 is 2.30 bits per heavy atom. The van der Waals surface area contributed by atoms with E-state index in [1.54, 1.807) is 0 Å². The first-order chi connectivity index (χ1) is 19.5. The Balaban J connectivity index is 1.13. The molecule has 3 aromatic carbocycles. The van der Waals surface area contributed by atoms with Gasteiger partial charge < -0.3 is 15.2 Å². The van der Waals surface area contributed by atoms with E-state index in [1.165, 1.54) is 10.5 Å². The molecule has 4 aromatic rings. The molecule has 3 amide bonds. The highest BCUT2D eigenvalue weighted by Crippen LogP contribution is 2.33. The van der Waals surface area contributed by atoms with Crippen LogP contribution in [0.4, 0.5) is 4.79 Å². The molecule has 2 fully saturated rings. The Morgan fingerprint density at radius 2 is 1.55 bits per heavy atom. The maximum absolute atomic E-state index is 13.6. The second-order valence-corrected chi connectivity index (χ2v) is 11.7. The lowest BCUT2D eigenvalue weighted by atomic mass is 9.78. The van der Waals surface area contributed by atoms with Crippen molar-refractivity contribution >= 4 is 22.8 Å². The lowest BCUT2D eigenvalue weighted by molar-refractivity contribution is -0.128. The maximum atomic E-state index is 13.6. The molecular formula is C34H38N4O2. The molecule has 2 aliphatic rings. The predicted octanol–water partition coefficient (Wildman–Crippen LogP) is 5.86. The summed E-state index contributed by atoms with van der Waals surface area (Å²) in [7, 11) is 0. The van der Waals surface area contributed by atoms with Gasteiger partial charge in [0.25, 0.3) is 5.91 Å². The highest BCUT2D eigenvalue weighted by Gasteiger charge is 2.42. The number of benzene rings is 3. The molecule has 40 heavy (non-hydrogen) atoms. The molecule has 2 N–H and O–H groups in total. The zero-order valence-corrected chi connectivity index (χ0v) is 23.2. The van der Waals surface area contributed by atoms with Gasteiger partial charge in [0, 0.05) is 35.5 Å². The van der Waals surface area contributed by atoms with Crippen LogP contribution in [0, 0.1) is 0 Å². The van der Waals surface area contributed by atoms with E-state index in [-0.39, 0.29) is 17.4 Å². The molecule has 6 nitrogen and oxygen atoms in total. The van der Waals surface area contributed by atoms with Gasteiger partial charge in [-0.05, 0) is 67.6 Å². The van der Waals surface area contributed by atoms with Crippen molar-refractivity contribution in [3.8, 4) is 0 Å². The number of hydrogen-bond acceptors (Lipinski definition) is 3. The SMILES string of the molecule is CC(CCN1CCC(c2ccccc2)CC1)(CN1C(=O)N[C@H](Cc2c[nH]c3ccccc23)C1=O)c1ccccc1. The summed E-state index contributed by atoms with van der Waals surface area (Å²) < 4.78 is 0. The number of aromatic nitrogens is 1. The van der Waals surface area contributed by atoms with Gasteiger partial charge in [0.05, 0.1) is 0 Å². The molecule has 0 bridgehead atoms. The average molecular weight is 535 g/mol. The highest BCUT2D eigenvalue weighted by atomic mass is 16.2. The molecule has 2 saturated heterocycles. The average Bonchev–Trinajstić information content (AvgIpc) is 3.53. The molecule has 1 unspecified atom stereocenters. The lowest BCUT2D eigenvalue weighted by Crippen LogP contribution is -2.45. The normalized spacial score (nSPS) is 20.1. The van der Waals surface area contributed by atoms with Gasteiger partial charge in [0.2, 0.25) is 0 Å². The zero-order valence-electron chi connectivity index (χ0n) is 23.2. The van der Waals surface area contributed by atoms with E-state index in [0.717, 1.165) is 60.9 Å². The Morgan fingerprint density at radius 1 is 0.875 bits per heavy atom. The van der Waals surface area contributed by atoms with Gasteiger partial charge in [0.15, 0.2) is 0 Å². The van der Waals surface area contributed by atoms with E-state index in [4.69, 9.17) is 0 Å². The number of para-hydroxylation sites is 1. The van der Waals surface area contributed by atoms with E-state index < -0.39 is 6.04 Å². The van der Waals surface area contributed by atoms with Gasteiger partial charge in [-0.2, -0.15) is 0 Å². The summed E-state index contributed by atoms with van der Waals surface area (Å²) in [5.74, 6) is 0.485. The summed E-state index contributed by atoms with van der Waals surface area (Å²) in [4.78, 5) is 34.0. The van der Waals surface area contributed by atoms with E-state index in [0.29, 0.717) is 18.9 Å². The first-order valence-corrected chi connectivity index (χ1v) is 14.5. The van der Waals surface area contributed by atoms with E-state index in [9.17, 15) is 9.59 Å². The van der Waals surface area contributed by atoms with Crippen molar-refractivity contribution in [2.45, 2.75) is 50.0 Å². The molecular weight excluding hydrogens is 496 g/mol. The van der Waals surface area contributed by atoms with Crippen LogP contribution in [0.2, 0.25) is 0 Å². The Bertz CT molecular complexity index is 1460. The van der Waals surface area contributed by atoms with Crippen LogP contribution in [0.3, 0.4) is 0 Å². The standard InChI is InChI=1S/C34H38N4O2/c1-34(28-12-6-3-7-13-28,18-21-37-19-16-26(17-20-37)25-10-4-2-5-11-25)24-38-32(39)31(36-33(38)40)22-27-23-35-30-15-9-8-14-29(27)30/h2-15,23,26,31,35H,16-22,24H2,1H3,(H,36,40)/t31-,34?/m1/s1. The molecule has 0 aliphatic carbocycles. The largest absolute Gasteiger partial charge is 0.361 e. The highest BCUT2D eigenvalue weighted by molar-refractivity contribution is 6.04. The summed E-state index contributed by atoms with van der Waals surface area (Å²) in [6.07, 6.45) is 5.62. The Hall–Kier alpha value is -3.90. The fraction of sp³-hybridized carbons (Fsp3) is 0.353. The Labute approximate surface area is 236 Å². The van der Waals surface area contributed by atoms with E-state index in [2.05, 4.69) is 70.7 Å². The van der Waals surface area contributed by atoms with Crippen LogP contribution in [0.1, 0.15) is 48.8 Å². The number of fused-ring (bicyclic) bond motifs is 1. The fourth-order valence-electron chi connectivity index (χ4n) is 6.51. The second-order valence-electron chi connectivity index (χ2n) is 11.7. The fourth-order valence-corrected chi connectivity index (χ4v) is 6.51. The van der Waals surface area contributed by atoms with Crippen molar-refractivity contribution in [2.75, 3.05) is 26.2 Å². The van der Waals surface area contributed by atoms with Crippen LogP contribution >= 0.6 is 0 Å². The molecule has 2 atom stereocenters. The number of nitrogens with one attached hydrogen (secondary N) is 2. The number of amides is 3. The molecule has 0 spiro atoms. The number of H-pyrrole nitrogens is 1. The van der Waals surface area contributed by atoms with Crippen molar-refractivity contribution in [2.24, 2.45) is 0 Å². The van der Waals surface area contributed by atoms with Crippen LogP contribution < -0.4 is 5.32 Å². The van der Waals surface area contributed by atoms with Crippen LogP contribution in [0.15, 0.2) is 91.1 Å². The van der Waals surface area contributed by atoms with Gasteiger partial charge in [-0.25, -0.2) is 4.79 Å². The molecule has 2 aliphatic heterocycles. The first-order valence-electron chi connectivity index (χ1n) is 14.5. The Kier molecular flexibility index (Phi) is 7.44. The minimum Gasteiger partial charge on any atom is -0.361 e. The monoisotopic (exact) mass is 534 g/mol. The third-order valence-electron chi connectivity index (χ3n) is 9.02. The number of hydrogen-bond donors (Lipinski definition) is 2. The number of urea groups is 1. The summed E-state index contributed by atoms with van der Waals surface area (Å²) in [5.41, 5.74) is 4.34. The number of rotatable bonds is 9. The molecule has 1 aromatic heterocycles. The molecule has 3 heterocycles. The number of carbonyl (C=O) groups excluding carboxylic acids is 2. The predicted molar refractivity (Wildman–Crippen MR) is 159 cm³/mol. The van der Waals surface area contributed by atoms with Crippen molar-refractivity contribution in [1.82, 2.24) is 20.1 Å². The first kappa shape index (κ1) is 26.3. The van der Waals surface area contributed by atoms with Crippen molar-refractivity contribution < 1.29 is 9.59 Å². The molecule has 0 saturated carbocycles. The number of piperidine rings is 1. The van der Waals surface area contributed by atoms with Gasteiger partial charge in [-0.3, -0.25) is 9.69 Å². The molecule has 6 rings (SSSR count). The van der Waals surface area contributed by atoms with E-state index in [1.807, 2.05) is 42.6 Å². The number of aromatic amines is 1. The molecule has 6 heteroatoms. The zero-order chi connectivity index (χ0) is 27.5. The second kappa shape index (κ2) is 11.3. The number of likely N-dealkylation sites (tertiary alicyclic amines) is 1. The topological polar surface area (TPSA) is 68.4 Å². The number of imide groups is 1. The molecule has 0 radical (unpaired) electrons. The van der Waals surface area contributed by atoms with Gasteiger partial charge in [-0.15, -0.1) is 0 Å². The van der Waals surface area contributed by atoms with Crippen LogP contribution in [-0.4, -0.2) is 58.9 Å². The van der Waals surface area contributed by atoms with Gasteiger partial charge in [-0.1, -0.05) is 85.8 Å². The minimum absolute atomic E-state index is 0.138. The number of carbonyl (C=O) groups is 2. The lowest BCUT2D eigenvalue weighted by Gasteiger charge is -2.37. The van der Waals surface area contributed by atoms with Crippen molar-refractivity contribution in [3.05, 3.63) is 108 Å². The minimum atomic E-state index is -0.552. The van der Waals surface area contributed by atoms with Gasteiger partial charge >= 0.3 is 6.03 Å². The van der Waals surface area contributed by atoms with Crippen LogP contribution in [0.5, 0.6) is 0 Å². The third-order valence-corrected chi connectivity index (χ3v) is 9.02. The summed E-state index contributed by atoms with van der Waals surface area (Å²) in [6, 6.07) is 28.4. The number of nitrogens with zero attached hydrogens (tertiary/aromatic N) is 2. The van der Waals surface area contributed by atoms with Crippen LogP contribution in [-0.2, 0) is 16.6 Å². The smallest absolute Gasteiger partial charge is 0.324 e. The van der Waals surface area contributed by atoms with Crippen molar-refractivity contribution in [1.29, 1.82) is 0 Å². The summed E-state index contributed by atoms with van der Waals surface area (Å²) in [6.45, 7) is 5.65. The van der Waals surface area contributed by atoms with E-state index >= 15 is 0 Å². The quantitative estimate of drug-likeness (QED) is 0.264. The third kappa shape index (κ3) is 5.41. The van der Waals surface area contributed by atoms with Gasteiger partial charge in [0.1, 0.15) is 6.04 Å². The van der Waals surface area contributed by atoms with Crippen molar-refractivity contribution in [3.63, 3.8) is 0 Å². The maximum Gasteiger partial charge on any atom is 0.324 e. The molecule has 206 valence electrons. The summed E-state index contributed by atoms with van der Waals surface area (Å²) in [5, 5.41) is 4.06. The van der Waals surface area contributed by atoms with Crippen LogP contribution in [0.25, 0.3) is 10.9 Å². The summed E-state index contributed by atoms with van der Waals surface area (Å²) >= 11 is 0.